The first-order valence-corrected chi connectivity index (χ1v) is 35.2. The number of allylic oxidation sites excluding steroid dienone is 4. The second-order valence-corrected chi connectivity index (χ2v) is 26.0. The number of rotatable bonds is 63. The molecule has 0 bridgehead atoms. The number of hydrogen-bond donors (Lipinski definition) is 3. The van der Waals surface area contributed by atoms with Gasteiger partial charge in [0, 0.05) is 6.42 Å². The van der Waals surface area contributed by atoms with Crippen LogP contribution < -0.4 is 5.32 Å². The minimum Gasteiger partial charge on any atom is -0.391 e. The van der Waals surface area contributed by atoms with Crippen molar-refractivity contribution < 1.29 is 32.9 Å². The zero-order valence-corrected chi connectivity index (χ0v) is 52.7. The van der Waals surface area contributed by atoms with Crippen molar-refractivity contribution in [3.8, 4) is 0 Å². The van der Waals surface area contributed by atoms with Crippen molar-refractivity contribution in [1.29, 1.82) is 0 Å². The first-order chi connectivity index (χ1) is 37.0. The summed E-state index contributed by atoms with van der Waals surface area (Å²) in [5.41, 5.74) is 0. The Morgan fingerprint density at radius 1 is 0.447 bits per heavy atom. The molecule has 1 amide bonds. The van der Waals surface area contributed by atoms with E-state index in [0.717, 1.165) is 44.9 Å². The van der Waals surface area contributed by atoms with Crippen LogP contribution in [-0.4, -0.2) is 73.4 Å². The van der Waals surface area contributed by atoms with Gasteiger partial charge in [-0.15, -0.1) is 0 Å². The average Bonchev–Trinajstić information content (AvgIpc) is 3.38. The predicted molar refractivity (Wildman–Crippen MR) is 332 cm³/mol. The largest absolute Gasteiger partial charge is 0.472 e. The number of nitrogens with one attached hydrogen (secondary N) is 1. The molecule has 0 aliphatic carbocycles. The highest BCUT2D eigenvalue weighted by atomic mass is 31.2. The molecule has 3 N–H and O–H groups in total. The number of likely N-dealkylation sites (N-methyl/N-ethyl adjacent to an activating group) is 1. The van der Waals surface area contributed by atoms with Gasteiger partial charge in [-0.2, -0.15) is 0 Å². The molecular weight excluding hydrogens is 960 g/mol. The summed E-state index contributed by atoms with van der Waals surface area (Å²) in [6, 6.07) is -0.759. The van der Waals surface area contributed by atoms with Gasteiger partial charge in [0.1, 0.15) is 13.2 Å². The van der Waals surface area contributed by atoms with Gasteiger partial charge in [-0.1, -0.05) is 321 Å². The quantitative estimate of drug-likeness (QED) is 0.0243. The van der Waals surface area contributed by atoms with Gasteiger partial charge in [0.25, 0.3) is 0 Å². The Balaban J connectivity index is 3.99. The van der Waals surface area contributed by atoms with Crippen LogP contribution in [0.3, 0.4) is 0 Å². The van der Waals surface area contributed by atoms with Crippen LogP contribution in [0.4, 0.5) is 0 Å². The lowest BCUT2D eigenvalue weighted by Crippen LogP contribution is -2.46. The molecule has 0 radical (unpaired) electrons. The molecule has 0 heterocycles. The van der Waals surface area contributed by atoms with Crippen LogP contribution in [0.25, 0.3) is 0 Å². The summed E-state index contributed by atoms with van der Waals surface area (Å²) in [7, 11) is 1.63. The Hall–Kier alpha value is -1.02. The molecule has 0 spiro atoms. The molecule has 0 saturated carbocycles. The third-order valence-electron chi connectivity index (χ3n) is 15.7. The number of hydrogen-bond acceptors (Lipinski definition) is 5. The smallest absolute Gasteiger partial charge is 0.391 e. The Labute approximate surface area is 474 Å². The summed E-state index contributed by atoms with van der Waals surface area (Å²) in [6.45, 7) is 4.94. The van der Waals surface area contributed by atoms with E-state index in [1.807, 2.05) is 21.1 Å². The van der Waals surface area contributed by atoms with E-state index in [9.17, 15) is 19.4 Å². The molecule has 0 aromatic heterocycles. The normalized spacial score (nSPS) is 13.8. The van der Waals surface area contributed by atoms with Gasteiger partial charge < -0.3 is 19.8 Å². The Morgan fingerprint density at radius 3 is 1.08 bits per heavy atom. The SMILES string of the molecule is CCCCCCC/C=C\C/C=C\CCCCCCCCCCCCCCCCCCCCCCCC(=O)NC(COP(=O)(O)OCC[N+](C)(C)C)C(O)CCCCCCCCCCCCCCCCCCCCCCC. The van der Waals surface area contributed by atoms with Crippen molar-refractivity contribution in [1.82, 2.24) is 5.32 Å². The summed E-state index contributed by atoms with van der Waals surface area (Å²) in [5.74, 6) is -0.136. The highest BCUT2D eigenvalue weighted by Gasteiger charge is 2.28. The fourth-order valence-electron chi connectivity index (χ4n) is 10.4. The number of carbonyl (C=O) groups is 1. The fraction of sp³-hybridized carbons (Fsp3) is 0.925. The molecule has 8 nitrogen and oxygen atoms in total. The first kappa shape index (κ1) is 75.0. The van der Waals surface area contributed by atoms with E-state index in [0.29, 0.717) is 23.9 Å². The molecule has 76 heavy (non-hydrogen) atoms. The molecule has 0 fully saturated rings. The van der Waals surface area contributed by atoms with Gasteiger partial charge in [-0.25, -0.2) is 4.57 Å². The fourth-order valence-corrected chi connectivity index (χ4v) is 11.2. The molecular formula is C67H134N2O6P+. The van der Waals surface area contributed by atoms with Crippen molar-refractivity contribution in [2.24, 2.45) is 0 Å². The Kier molecular flexibility index (Phi) is 57.8. The van der Waals surface area contributed by atoms with Gasteiger partial charge in [0.05, 0.1) is 39.9 Å². The number of phosphoric ester groups is 1. The van der Waals surface area contributed by atoms with Crippen LogP contribution in [0, 0.1) is 0 Å². The summed E-state index contributed by atoms with van der Waals surface area (Å²) in [6.07, 6.45) is 75.5. The standard InChI is InChI=1S/C67H133N2O6P/c1-6-8-10-12-14-16-18-20-22-24-26-28-29-30-31-32-33-34-35-36-37-38-39-41-43-45-47-49-51-53-55-57-59-61-67(71)68-65(64-75-76(72,73)74-63-62-69(3,4)5)66(70)60-58-56-54-52-50-48-46-44-42-40-27-25-23-21-19-17-15-13-11-9-7-2/h18,20,24,26,65-66,70H,6-17,19,21-23,25,27-64H2,1-5H3,(H-,68,71,72,73)/p+1/b20-18-,26-24-. The van der Waals surface area contributed by atoms with Crippen molar-refractivity contribution >= 4 is 13.7 Å². The zero-order chi connectivity index (χ0) is 55.6. The second kappa shape index (κ2) is 58.6. The van der Waals surface area contributed by atoms with Crippen molar-refractivity contribution in [2.45, 2.75) is 360 Å². The first-order valence-electron chi connectivity index (χ1n) is 33.7. The average molecular weight is 1090 g/mol. The maximum atomic E-state index is 13.1. The molecule has 0 aliphatic rings. The van der Waals surface area contributed by atoms with E-state index >= 15 is 0 Å². The minimum absolute atomic E-state index is 0.0776. The maximum Gasteiger partial charge on any atom is 0.472 e. The molecule has 0 aromatic carbocycles. The number of aliphatic hydroxyl groups excluding tert-OH is 1. The molecule has 3 unspecified atom stereocenters. The van der Waals surface area contributed by atoms with E-state index in [4.69, 9.17) is 9.05 Å². The highest BCUT2D eigenvalue weighted by Crippen LogP contribution is 2.43. The third-order valence-corrected chi connectivity index (χ3v) is 16.7. The van der Waals surface area contributed by atoms with Crippen LogP contribution in [0.1, 0.15) is 348 Å². The van der Waals surface area contributed by atoms with Crippen LogP contribution in [0.15, 0.2) is 24.3 Å². The van der Waals surface area contributed by atoms with E-state index in [1.165, 1.54) is 276 Å². The Morgan fingerprint density at radius 2 is 0.750 bits per heavy atom. The Bertz CT molecular complexity index is 1290. The highest BCUT2D eigenvalue weighted by molar-refractivity contribution is 7.47. The number of nitrogens with zero attached hydrogens (tertiary/aromatic N) is 1. The molecule has 3 atom stereocenters. The van der Waals surface area contributed by atoms with Crippen LogP contribution in [-0.2, 0) is 18.4 Å². The van der Waals surface area contributed by atoms with Gasteiger partial charge >= 0.3 is 7.82 Å². The van der Waals surface area contributed by atoms with Crippen molar-refractivity contribution in [3.05, 3.63) is 24.3 Å². The van der Waals surface area contributed by atoms with Gasteiger partial charge in [-0.3, -0.25) is 13.8 Å². The third kappa shape index (κ3) is 60.6. The van der Waals surface area contributed by atoms with Crippen LogP contribution in [0.2, 0.25) is 0 Å². The number of phosphoric acid groups is 1. The van der Waals surface area contributed by atoms with E-state index in [2.05, 4.69) is 43.5 Å². The topological polar surface area (TPSA) is 105 Å². The summed E-state index contributed by atoms with van der Waals surface area (Å²) in [4.78, 5) is 23.4. The maximum absolute atomic E-state index is 13.1. The van der Waals surface area contributed by atoms with E-state index in [-0.39, 0.29) is 19.1 Å². The monoisotopic (exact) mass is 1090 g/mol. The van der Waals surface area contributed by atoms with Gasteiger partial charge in [-0.05, 0) is 44.9 Å². The van der Waals surface area contributed by atoms with Crippen LogP contribution in [0.5, 0.6) is 0 Å². The van der Waals surface area contributed by atoms with Gasteiger partial charge in [0.15, 0.2) is 0 Å². The number of quaternary nitrogens is 1. The molecule has 0 aliphatic heterocycles. The number of carbonyl (C=O) groups excluding carboxylic acids is 1. The molecule has 0 saturated heterocycles. The number of amides is 1. The number of unbranched alkanes of at least 4 members (excludes halogenated alkanes) is 46. The second-order valence-electron chi connectivity index (χ2n) is 24.6. The molecule has 0 rings (SSSR count). The lowest BCUT2D eigenvalue weighted by atomic mass is 10.0. The minimum atomic E-state index is -4.32. The lowest BCUT2D eigenvalue weighted by Gasteiger charge is -2.26. The van der Waals surface area contributed by atoms with Crippen molar-refractivity contribution in [2.75, 3.05) is 40.9 Å². The molecule has 452 valence electrons. The summed E-state index contributed by atoms with van der Waals surface area (Å²) >= 11 is 0. The van der Waals surface area contributed by atoms with E-state index < -0.39 is 20.0 Å². The van der Waals surface area contributed by atoms with Gasteiger partial charge in [0.2, 0.25) is 5.91 Å². The van der Waals surface area contributed by atoms with E-state index in [1.54, 1.807) is 0 Å². The number of aliphatic hydroxyl groups is 1. The lowest BCUT2D eigenvalue weighted by molar-refractivity contribution is -0.870. The molecule has 9 heteroatoms. The van der Waals surface area contributed by atoms with Crippen molar-refractivity contribution in [3.63, 3.8) is 0 Å². The zero-order valence-electron chi connectivity index (χ0n) is 51.8. The summed E-state index contributed by atoms with van der Waals surface area (Å²) < 4.78 is 23.9. The predicted octanol–water partition coefficient (Wildman–Crippen LogP) is 21.1. The molecule has 0 aromatic rings. The summed E-state index contributed by atoms with van der Waals surface area (Å²) in [5, 5.41) is 14.1. The van der Waals surface area contributed by atoms with Crippen LogP contribution >= 0.6 is 7.82 Å².